The molecule has 4 nitrogen and oxygen atoms in total. The van der Waals surface area contributed by atoms with Crippen LogP contribution in [0.1, 0.15) is 57.1 Å². The highest BCUT2D eigenvalue weighted by molar-refractivity contribution is 7.99. The lowest BCUT2D eigenvalue weighted by molar-refractivity contribution is 0.310. The van der Waals surface area contributed by atoms with Crippen LogP contribution >= 0.6 is 11.8 Å². The molecule has 1 aromatic heterocycles. The van der Waals surface area contributed by atoms with Crippen molar-refractivity contribution in [1.82, 2.24) is 5.16 Å². The minimum atomic E-state index is 0.491. The quantitative estimate of drug-likeness (QED) is 0.639. The number of oxime groups is 1. The van der Waals surface area contributed by atoms with Gasteiger partial charge in [0.05, 0.1) is 17.0 Å². The summed E-state index contributed by atoms with van der Waals surface area (Å²) >= 11 is 1.98. The fraction of sp³-hybridized carbons (Fsp3) is 0.733. The first-order chi connectivity index (χ1) is 9.69. The highest BCUT2D eigenvalue weighted by Crippen LogP contribution is 2.33. The lowest BCUT2D eigenvalue weighted by Crippen LogP contribution is -2.23. The van der Waals surface area contributed by atoms with Gasteiger partial charge in [0.1, 0.15) is 5.76 Å². The van der Waals surface area contributed by atoms with Crippen molar-refractivity contribution in [3.8, 4) is 0 Å². The van der Waals surface area contributed by atoms with Crippen LogP contribution in [0.15, 0.2) is 9.68 Å². The van der Waals surface area contributed by atoms with Gasteiger partial charge in [0.25, 0.3) is 0 Å². The Hall–Kier alpha value is -0.970. The normalized spacial score (nSPS) is 21.9. The fourth-order valence-corrected chi connectivity index (χ4v) is 4.00. The smallest absolute Gasteiger partial charge is 0.146 e. The first-order valence-electron chi connectivity index (χ1n) is 7.49. The molecule has 1 aliphatic rings. The lowest BCUT2D eigenvalue weighted by atomic mass is 9.83. The zero-order valence-corrected chi connectivity index (χ0v) is 13.4. The van der Waals surface area contributed by atoms with Gasteiger partial charge in [0, 0.05) is 11.7 Å². The number of thioether (sulfide) groups is 1. The number of hydrogen-bond acceptors (Lipinski definition) is 5. The number of rotatable bonds is 6. The summed E-state index contributed by atoms with van der Waals surface area (Å²) in [7, 11) is 0. The van der Waals surface area contributed by atoms with Crippen LogP contribution in [0, 0.1) is 5.92 Å². The monoisotopic (exact) mass is 296 g/mol. The predicted octanol–water partition coefficient (Wildman–Crippen LogP) is 3.90. The van der Waals surface area contributed by atoms with Crippen molar-refractivity contribution < 1.29 is 9.73 Å². The van der Waals surface area contributed by atoms with Gasteiger partial charge in [-0.1, -0.05) is 37.5 Å². The van der Waals surface area contributed by atoms with E-state index in [-0.39, 0.29) is 0 Å². The molecule has 0 radical (unpaired) electrons. The zero-order chi connectivity index (χ0) is 14.5. The van der Waals surface area contributed by atoms with E-state index >= 15 is 0 Å². The van der Waals surface area contributed by atoms with Crippen LogP contribution in [0.2, 0.25) is 0 Å². The van der Waals surface area contributed by atoms with Crippen LogP contribution in [-0.2, 0) is 12.8 Å². The maximum Gasteiger partial charge on any atom is 0.146 e. The lowest BCUT2D eigenvalue weighted by Gasteiger charge is -2.24. The predicted molar refractivity (Wildman–Crippen MR) is 82.8 cm³/mol. The van der Waals surface area contributed by atoms with Crippen LogP contribution in [0.3, 0.4) is 0 Å². The third kappa shape index (κ3) is 3.37. The van der Waals surface area contributed by atoms with Crippen molar-refractivity contribution in [2.45, 2.75) is 58.1 Å². The van der Waals surface area contributed by atoms with Crippen molar-refractivity contribution in [3.05, 3.63) is 17.0 Å². The Morgan fingerprint density at radius 2 is 2.25 bits per heavy atom. The van der Waals surface area contributed by atoms with E-state index in [1.54, 1.807) is 0 Å². The molecule has 20 heavy (non-hydrogen) atoms. The molecule has 0 saturated heterocycles. The fourth-order valence-electron chi connectivity index (χ4n) is 3.03. The van der Waals surface area contributed by atoms with Gasteiger partial charge >= 0.3 is 0 Å². The number of aryl methyl sites for hydroxylation is 1. The largest absolute Gasteiger partial charge is 0.411 e. The summed E-state index contributed by atoms with van der Waals surface area (Å²) in [6.07, 6.45) is 4.77. The van der Waals surface area contributed by atoms with E-state index in [1.165, 1.54) is 0 Å². The zero-order valence-electron chi connectivity index (χ0n) is 12.6. The molecular formula is C15H24N2O2S. The molecule has 0 bridgehead atoms. The minimum Gasteiger partial charge on any atom is -0.411 e. The van der Waals surface area contributed by atoms with Crippen LogP contribution < -0.4 is 0 Å². The molecule has 1 aliphatic carbocycles. The summed E-state index contributed by atoms with van der Waals surface area (Å²) < 4.78 is 5.49. The molecule has 1 heterocycles. The second kappa shape index (κ2) is 7.16. The molecule has 0 aliphatic heterocycles. The third-order valence-electron chi connectivity index (χ3n) is 3.80. The third-order valence-corrected chi connectivity index (χ3v) is 4.90. The van der Waals surface area contributed by atoms with Crippen LogP contribution in [0.5, 0.6) is 0 Å². The molecule has 1 aromatic rings. The molecule has 2 atom stereocenters. The van der Waals surface area contributed by atoms with E-state index in [2.05, 4.69) is 31.1 Å². The Bertz CT molecular complexity index is 470. The summed E-state index contributed by atoms with van der Waals surface area (Å²) in [5.74, 6) is 2.54. The Morgan fingerprint density at radius 1 is 1.45 bits per heavy atom. The minimum absolute atomic E-state index is 0.491. The first-order valence-corrected chi connectivity index (χ1v) is 8.54. The van der Waals surface area contributed by atoms with Gasteiger partial charge in [0.2, 0.25) is 0 Å². The van der Waals surface area contributed by atoms with Crippen LogP contribution in [0.4, 0.5) is 0 Å². The van der Waals surface area contributed by atoms with Crippen molar-refractivity contribution >= 4 is 17.5 Å². The molecule has 0 saturated carbocycles. The Morgan fingerprint density at radius 3 is 2.90 bits per heavy atom. The van der Waals surface area contributed by atoms with E-state index in [0.29, 0.717) is 11.2 Å². The number of aromatic nitrogens is 1. The molecular weight excluding hydrogens is 272 g/mol. The van der Waals surface area contributed by atoms with Gasteiger partial charge in [-0.05, 0) is 30.9 Å². The maximum absolute atomic E-state index is 9.32. The van der Waals surface area contributed by atoms with Gasteiger partial charge in [0.15, 0.2) is 0 Å². The van der Waals surface area contributed by atoms with Crippen molar-refractivity contribution in [3.63, 3.8) is 0 Å². The molecule has 0 spiro atoms. The summed E-state index contributed by atoms with van der Waals surface area (Å²) in [5, 5.41) is 17.6. The van der Waals surface area contributed by atoms with E-state index in [0.717, 1.165) is 60.6 Å². The van der Waals surface area contributed by atoms with E-state index < -0.39 is 0 Å². The molecule has 112 valence electrons. The summed E-state index contributed by atoms with van der Waals surface area (Å²) in [5.41, 5.74) is 2.68. The van der Waals surface area contributed by atoms with Crippen LogP contribution in [0.25, 0.3) is 0 Å². The summed E-state index contributed by atoms with van der Waals surface area (Å²) in [6.45, 7) is 6.57. The second-order valence-electron chi connectivity index (χ2n) is 5.50. The summed E-state index contributed by atoms with van der Waals surface area (Å²) in [4.78, 5) is 0. The van der Waals surface area contributed by atoms with Gasteiger partial charge in [-0.15, -0.1) is 0 Å². The SMILES string of the molecule is CCCc1noc2c1/C(=N/O)C[C@H](C[C@H](C)SCC)C2. The topological polar surface area (TPSA) is 58.6 Å². The Labute approximate surface area is 125 Å². The average Bonchev–Trinajstić information content (AvgIpc) is 2.82. The average molecular weight is 296 g/mol. The standard InChI is InChI=1S/C15H24N2O2S/c1-4-6-12-15-13(16-18)8-11(7-10(3)20-5-2)9-14(15)19-17-12/h10-11,18H,4-9H2,1-3H3/b16-13+/t10-,11-/m0/s1. The second-order valence-corrected chi connectivity index (χ2v) is 7.22. The molecule has 2 rings (SSSR count). The Balaban J connectivity index is 2.14. The highest BCUT2D eigenvalue weighted by Gasteiger charge is 2.31. The van der Waals surface area contributed by atoms with Crippen molar-refractivity contribution in [2.24, 2.45) is 11.1 Å². The Kier molecular flexibility index (Phi) is 5.52. The van der Waals surface area contributed by atoms with Crippen LogP contribution in [-0.4, -0.2) is 27.1 Å². The first kappa shape index (κ1) is 15.4. The summed E-state index contributed by atoms with van der Waals surface area (Å²) in [6, 6.07) is 0. The number of nitrogens with zero attached hydrogens (tertiary/aromatic N) is 2. The van der Waals surface area contributed by atoms with Gasteiger partial charge in [-0.2, -0.15) is 11.8 Å². The molecule has 0 unspecified atom stereocenters. The molecule has 0 fully saturated rings. The van der Waals surface area contributed by atoms with E-state index in [1.807, 2.05) is 11.8 Å². The number of fused-ring (bicyclic) bond motifs is 1. The van der Waals surface area contributed by atoms with E-state index in [4.69, 9.17) is 4.52 Å². The van der Waals surface area contributed by atoms with Crippen molar-refractivity contribution in [1.29, 1.82) is 0 Å². The van der Waals surface area contributed by atoms with Gasteiger partial charge < -0.3 is 9.73 Å². The van der Waals surface area contributed by atoms with E-state index in [9.17, 15) is 5.21 Å². The van der Waals surface area contributed by atoms with Crippen molar-refractivity contribution in [2.75, 3.05) is 5.75 Å². The molecule has 5 heteroatoms. The van der Waals surface area contributed by atoms with Gasteiger partial charge in [-0.25, -0.2) is 0 Å². The maximum atomic E-state index is 9.32. The molecule has 1 N–H and O–H groups in total. The van der Waals surface area contributed by atoms with Gasteiger partial charge in [-0.3, -0.25) is 0 Å². The number of hydrogen-bond donors (Lipinski definition) is 1. The highest BCUT2D eigenvalue weighted by atomic mass is 32.2. The molecule has 0 aromatic carbocycles. The molecule has 0 amide bonds.